The number of carbonyl (C=O) groups is 2. The number of halogens is 1. The summed E-state index contributed by atoms with van der Waals surface area (Å²) in [5.74, 6) is 0.538. The molecule has 0 fully saturated rings. The minimum absolute atomic E-state index is 0. The van der Waals surface area contributed by atoms with E-state index in [2.05, 4.69) is 22.5 Å². The van der Waals surface area contributed by atoms with Gasteiger partial charge in [-0.25, -0.2) is 0 Å². The Labute approximate surface area is 176 Å². The van der Waals surface area contributed by atoms with Crippen LogP contribution in [0, 0.1) is 0 Å². The van der Waals surface area contributed by atoms with E-state index in [1.54, 1.807) is 36.4 Å². The molecule has 28 heavy (non-hydrogen) atoms. The van der Waals surface area contributed by atoms with Crippen molar-refractivity contribution >= 4 is 27.5 Å². The molecule has 2 rings (SSSR count). The Morgan fingerprint density at radius 1 is 1.04 bits per heavy atom. The summed E-state index contributed by atoms with van der Waals surface area (Å²) in [6, 6.07) is 9.85. The number of hydrogen-bond acceptors (Lipinski definition) is 4. The molecule has 0 unspecified atom stereocenters. The van der Waals surface area contributed by atoms with Crippen molar-refractivity contribution < 1.29 is 19.8 Å². The number of aromatic hydroxyl groups is 2. The fourth-order valence-corrected chi connectivity index (χ4v) is 2.75. The van der Waals surface area contributed by atoms with Crippen LogP contribution in [0.25, 0.3) is 0 Å². The van der Waals surface area contributed by atoms with E-state index in [0.717, 1.165) is 24.0 Å². The predicted molar refractivity (Wildman–Crippen MR) is 119 cm³/mol. The lowest BCUT2D eigenvalue weighted by molar-refractivity contribution is 0.101. The first-order valence-corrected chi connectivity index (χ1v) is 9.80. The fourth-order valence-electron chi connectivity index (χ4n) is 2.43. The Bertz CT molecular complexity index is 812. The Kier molecular flexibility index (Phi) is 11.8. The third kappa shape index (κ3) is 7.69. The summed E-state index contributed by atoms with van der Waals surface area (Å²) in [4.78, 5) is 22.4. The maximum atomic E-state index is 11.4. The maximum absolute atomic E-state index is 11.4. The van der Waals surface area contributed by atoms with Crippen LogP contribution in [-0.4, -0.2) is 27.1 Å². The summed E-state index contributed by atoms with van der Waals surface area (Å²) >= 11 is 3.12. The summed E-state index contributed by atoms with van der Waals surface area (Å²) in [5.41, 5.74) is 2.86. The Balaban J connectivity index is 0.000000504. The number of phenols is 2. The smallest absolute Gasteiger partial charge is 0.173 e. The van der Waals surface area contributed by atoms with Gasteiger partial charge in [-0.05, 0) is 67.3 Å². The van der Waals surface area contributed by atoms with Gasteiger partial charge in [0.05, 0.1) is 5.33 Å². The first kappa shape index (κ1) is 25.6. The molecule has 0 aliphatic rings. The van der Waals surface area contributed by atoms with E-state index >= 15 is 0 Å². The number of aryl methyl sites for hydroxylation is 1. The van der Waals surface area contributed by atoms with E-state index < -0.39 is 0 Å². The molecule has 0 amide bonds. The zero-order valence-corrected chi connectivity index (χ0v) is 17.3. The molecule has 2 aromatic rings. The highest BCUT2D eigenvalue weighted by Gasteiger charge is 2.07. The molecule has 2 aromatic carbocycles. The molecule has 0 bridgehead atoms. The van der Waals surface area contributed by atoms with Crippen molar-refractivity contribution in [2.75, 3.05) is 5.33 Å². The van der Waals surface area contributed by atoms with Crippen molar-refractivity contribution in [3.63, 3.8) is 0 Å². The molecule has 0 aliphatic heterocycles. The second-order valence-corrected chi connectivity index (χ2v) is 6.60. The number of carbonyl (C=O) groups excluding carboxylic acids is 2. The zero-order chi connectivity index (χ0) is 20.4. The Morgan fingerprint density at radius 3 is 2.07 bits per heavy atom. The molecule has 0 radical (unpaired) electrons. The molecule has 2 N–H and O–H groups in total. The molecule has 0 heterocycles. The van der Waals surface area contributed by atoms with Gasteiger partial charge in [-0.3, -0.25) is 9.59 Å². The first-order chi connectivity index (χ1) is 12.8. The predicted octanol–water partition coefficient (Wildman–Crippen LogP) is 5.88. The molecular formula is C23H29BrO4. The summed E-state index contributed by atoms with van der Waals surface area (Å²) in [5, 5.41) is 19.2. The van der Waals surface area contributed by atoms with Crippen molar-refractivity contribution in [2.24, 2.45) is 0 Å². The van der Waals surface area contributed by atoms with Crippen LogP contribution in [0.1, 0.15) is 59.5 Å². The Morgan fingerprint density at radius 2 is 1.57 bits per heavy atom. The van der Waals surface area contributed by atoms with E-state index in [-0.39, 0.29) is 30.5 Å². The van der Waals surface area contributed by atoms with Gasteiger partial charge in [0.2, 0.25) is 0 Å². The number of benzene rings is 2. The highest BCUT2D eigenvalue weighted by Crippen LogP contribution is 2.21. The van der Waals surface area contributed by atoms with E-state index in [0.29, 0.717) is 22.9 Å². The highest BCUT2D eigenvalue weighted by atomic mass is 79.9. The molecule has 0 saturated carbocycles. The zero-order valence-electron chi connectivity index (χ0n) is 15.7. The number of ketones is 2. The normalized spacial score (nSPS) is 9.54. The second kappa shape index (κ2) is 12.9. The SMILES string of the molecule is C.C=CCc1cc(C(C)=O)ccc1O.CCCc1cc(C(=O)CBr)ccc1O. The average molecular weight is 449 g/mol. The van der Waals surface area contributed by atoms with Crippen LogP contribution >= 0.6 is 15.9 Å². The van der Waals surface area contributed by atoms with Crippen LogP contribution in [0.4, 0.5) is 0 Å². The topological polar surface area (TPSA) is 74.6 Å². The maximum Gasteiger partial charge on any atom is 0.173 e. The van der Waals surface area contributed by atoms with Crippen LogP contribution in [0.2, 0.25) is 0 Å². The minimum atomic E-state index is 0. The van der Waals surface area contributed by atoms with Gasteiger partial charge in [-0.15, -0.1) is 6.58 Å². The van der Waals surface area contributed by atoms with Crippen LogP contribution < -0.4 is 0 Å². The highest BCUT2D eigenvalue weighted by molar-refractivity contribution is 9.09. The lowest BCUT2D eigenvalue weighted by atomic mass is 10.0. The largest absolute Gasteiger partial charge is 0.508 e. The van der Waals surface area contributed by atoms with Crippen LogP contribution in [0.15, 0.2) is 49.1 Å². The Hall–Kier alpha value is -2.40. The van der Waals surface area contributed by atoms with Crippen molar-refractivity contribution in [3.8, 4) is 11.5 Å². The van der Waals surface area contributed by atoms with Crippen molar-refractivity contribution in [1.82, 2.24) is 0 Å². The molecule has 152 valence electrons. The number of rotatable bonds is 7. The van der Waals surface area contributed by atoms with Crippen molar-refractivity contribution in [2.45, 2.75) is 40.5 Å². The third-order valence-corrected chi connectivity index (χ3v) is 4.40. The molecule has 0 atom stereocenters. The van der Waals surface area contributed by atoms with E-state index in [9.17, 15) is 19.8 Å². The number of phenolic OH excluding ortho intramolecular Hbond substituents is 2. The lowest BCUT2D eigenvalue weighted by Crippen LogP contribution is -2.00. The third-order valence-electron chi connectivity index (χ3n) is 3.89. The first-order valence-electron chi connectivity index (χ1n) is 8.68. The summed E-state index contributed by atoms with van der Waals surface area (Å²) in [6.07, 6.45) is 4.03. The molecule has 0 saturated heterocycles. The average Bonchev–Trinajstić information content (AvgIpc) is 2.65. The summed E-state index contributed by atoms with van der Waals surface area (Å²) < 4.78 is 0. The molecule has 0 aromatic heterocycles. The van der Waals surface area contributed by atoms with Crippen molar-refractivity contribution in [3.05, 3.63) is 71.3 Å². The van der Waals surface area contributed by atoms with E-state index in [1.807, 2.05) is 6.92 Å². The number of alkyl halides is 1. The van der Waals surface area contributed by atoms with Gasteiger partial charge in [0.1, 0.15) is 11.5 Å². The summed E-state index contributed by atoms with van der Waals surface area (Å²) in [6.45, 7) is 7.12. The molecule has 5 heteroatoms. The molecule has 0 spiro atoms. The van der Waals surface area contributed by atoms with Crippen molar-refractivity contribution in [1.29, 1.82) is 0 Å². The van der Waals surface area contributed by atoms with E-state index in [1.165, 1.54) is 13.0 Å². The second-order valence-electron chi connectivity index (χ2n) is 6.04. The van der Waals surface area contributed by atoms with Crippen LogP contribution in [0.5, 0.6) is 11.5 Å². The van der Waals surface area contributed by atoms with Crippen LogP contribution in [-0.2, 0) is 12.8 Å². The van der Waals surface area contributed by atoms with Gasteiger partial charge in [0, 0.05) is 11.1 Å². The van der Waals surface area contributed by atoms with Gasteiger partial charge >= 0.3 is 0 Å². The van der Waals surface area contributed by atoms with Gasteiger partial charge in [0.15, 0.2) is 11.6 Å². The van der Waals surface area contributed by atoms with Crippen LogP contribution in [0.3, 0.4) is 0 Å². The number of allylic oxidation sites excluding steroid dienone is 1. The number of Topliss-reactive ketones (excluding diaryl/α,β-unsaturated/α-hetero) is 2. The minimum Gasteiger partial charge on any atom is -0.508 e. The van der Waals surface area contributed by atoms with E-state index in [4.69, 9.17) is 0 Å². The standard InChI is InChI=1S/C11H13BrO2.C11H12O2.CH4/c1-2-3-8-6-9(11(14)7-12)4-5-10(8)13;1-3-4-10-7-9(8(2)12)5-6-11(10)13;/h4-6,13H,2-3,7H2,1H3;3,5-7,13H,1,4H2,2H3;1H4. The monoisotopic (exact) mass is 448 g/mol. The molecule has 0 aliphatic carbocycles. The summed E-state index contributed by atoms with van der Waals surface area (Å²) in [7, 11) is 0. The van der Waals surface area contributed by atoms with Gasteiger partial charge in [-0.2, -0.15) is 0 Å². The lowest BCUT2D eigenvalue weighted by Gasteiger charge is -2.04. The molecule has 4 nitrogen and oxygen atoms in total. The number of hydrogen-bond donors (Lipinski definition) is 2. The van der Waals surface area contributed by atoms with Gasteiger partial charge < -0.3 is 10.2 Å². The van der Waals surface area contributed by atoms with Gasteiger partial charge in [-0.1, -0.05) is 42.8 Å². The quantitative estimate of drug-likeness (QED) is 0.314. The fraction of sp³-hybridized carbons (Fsp3) is 0.304. The molecular weight excluding hydrogens is 420 g/mol. The van der Waals surface area contributed by atoms with Gasteiger partial charge in [0.25, 0.3) is 0 Å².